The number of amides is 1. The van der Waals surface area contributed by atoms with E-state index in [0.29, 0.717) is 5.92 Å². The molecule has 0 bridgehead atoms. The Balaban J connectivity index is 0.00000156. The molecule has 0 aromatic carbocycles. The number of piperazine rings is 1. The number of nitrogens with two attached hydrogens (primary N) is 1. The predicted octanol–water partition coefficient (Wildman–Crippen LogP) is 2.31. The molecule has 2 heterocycles. The van der Waals surface area contributed by atoms with Crippen LogP contribution in [0.15, 0.2) is 0 Å². The van der Waals surface area contributed by atoms with Gasteiger partial charge >= 0.3 is 0 Å². The maximum Gasteiger partial charge on any atom is 0.239 e. The number of carbonyl (C=O) groups excluding carboxylic acids is 1. The van der Waals surface area contributed by atoms with Crippen molar-refractivity contribution in [3.63, 3.8) is 0 Å². The molecule has 1 saturated carbocycles. The molecule has 25 heavy (non-hydrogen) atoms. The highest BCUT2D eigenvalue weighted by Gasteiger charge is 2.31. The minimum atomic E-state index is -0.330. The molecule has 148 valence electrons. The Kier molecular flexibility index (Phi) is 10.7. The van der Waals surface area contributed by atoms with Crippen LogP contribution in [0.25, 0.3) is 0 Å². The molecule has 2 aliphatic heterocycles. The van der Waals surface area contributed by atoms with Crippen LogP contribution in [0.2, 0.25) is 0 Å². The summed E-state index contributed by atoms with van der Waals surface area (Å²) in [7, 11) is 0. The molecule has 7 heteroatoms. The van der Waals surface area contributed by atoms with Crippen LogP contribution in [0, 0.1) is 11.8 Å². The van der Waals surface area contributed by atoms with Crippen LogP contribution in [-0.4, -0.2) is 67.7 Å². The zero-order chi connectivity index (χ0) is 16.1. The normalized spacial score (nSPS) is 24.9. The van der Waals surface area contributed by atoms with Crippen molar-refractivity contribution in [3.8, 4) is 0 Å². The maximum absolute atomic E-state index is 12.6. The number of rotatable bonds is 4. The van der Waals surface area contributed by atoms with Crippen molar-refractivity contribution in [2.24, 2.45) is 17.6 Å². The number of hydrogen-bond acceptors (Lipinski definition) is 4. The van der Waals surface area contributed by atoms with Gasteiger partial charge in [-0.2, -0.15) is 0 Å². The zero-order valence-corrected chi connectivity index (χ0v) is 16.9. The quantitative estimate of drug-likeness (QED) is 0.792. The van der Waals surface area contributed by atoms with E-state index in [1.807, 2.05) is 4.90 Å². The Morgan fingerprint density at radius 1 is 0.960 bits per heavy atom. The van der Waals surface area contributed by atoms with Gasteiger partial charge in [-0.25, -0.2) is 0 Å². The molecule has 2 N–H and O–H groups in total. The highest BCUT2D eigenvalue weighted by atomic mass is 35.5. The lowest BCUT2D eigenvalue weighted by molar-refractivity contribution is -0.136. The van der Waals surface area contributed by atoms with E-state index in [0.717, 1.165) is 58.2 Å². The first kappa shape index (κ1) is 23.0. The van der Waals surface area contributed by atoms with Crippen molar-refractivity contribution in [1.29, 1.82) is 0 Å². The maximum atomic E-state index is 12.6. The first-order chi connectivity index (χ1) is 11.2. The summed E-state index contributed by atoms with van der Waals surface area (Å²) in [5, 5.41) is 0. The molecule has 2 saturated heterocycles. The van der Waals surface area contributed by atoms with Crippen molar-refractivity contribution in [2.75, 3.05) is 45.9 Å². The molecule has 1 amide bonds. The van der Waals surface area contributed by atoms with E-state index in [1.165, 1.54) is 38.6 Å². The van der Waals surface area contributed by atoms with Crippen molar-refractivity contribution >= 4 is 30.7 Å². The minimum Gasteiger partial charge on any atom is -0.381 e. The van der Waals surface area contributed by atoms with Gasteiger partial charge in [0.2, 0.25) is 5.91 Å². The van der Waals surface area contributed by atoms with Gasteiger partial charge in [0.25, 0.3) is 0 Å². The summed E-state index contributed by atoms with van der Waals surface area (Å²) in [4.78, 5) is 17.2. The number of nitrogens with zero attached hydrogens (tertiary/aromatic N) is 2. The Morgan fingerprint density at radius 2 is 1.56 bits per heavy atom. The third kappa shape index (κ3) is 6.55. The average molecular weight is 396 g/mol. The Labute approximate surface area is 164 Å². The zero-order valence-electron chi connectivity index (χ0n) is 15.2. The van der Waals surface area contributed by atoms with Crippen LogP contribution in [0.4, 0.5) is 0 Å². The minimum absolute atomic E-state index is 0. The molecule has 1 unspecified atom stereocenters. The van der Waals surface area contributed by atoms with E-state index in [1.54, 1.807) is 0 Å². The van der Waals surface area contributed by atoms with E-state index >= 15 is 0 Å². The van der Waals surface area contributed by atoms with Crippen LogP contribution >= 0.6 is 24.8 Å². The molecule has 0 aromatic rings. The van der Waals surface area contributed by atoms with Crippen LogP contribution < -0.4 is 5.73 Å². The number of ether oxygens (including phenoxy) is 1. The number of carbonyl (C=O) groups is 1. The van der Waals surface area contributed by atoms with Gasteiger partial charge < -0.3 is 15.4 Å². The van der Waals surface area contributed by atoms with E-state index in [9.17, 15) is 4.79 Å². The fraction of sp³-hybridized carbons (Fsp3) is 0.944. The highest BCUT2D eigenvalue weighted by molar-refractivity contribution is 5.85. The Hall–Kier alpha value is -0.0700. The van der Waals surface area contributed by atoms with Crippen LogP contribution in [-0.2, 0) is 9.53 Å². The second-order valence-corrected chi connectivity index (χ2v) is 7.61. The molecule has 5 nitrogen and oxygen atoms in total. The second-order valence-electron chi connectivity index (χ2n) is 7.61. The molecule has 1 atom stereocenters. The summed E-state index contributed by atoms with van der Waals surface area (Å²) >= 11 is 0. The van der Waals surface area contributed by atoms with Crippen LogP contribution in [0.3, 0.4) is 0 Å². The van der Waals surface area contributed by atoms with Gasteiger partial charge in [-0.3, -0.25) is 9.69 Å². The average Bonchev–Trinajstić information content (AvgIpc) is 2.63. The van der Waals surface area contributed by atoms with Gasteiger partial charge in [-0.15, -0.1) is 24.8 Å². The summed E-state index contributed by atoms with van der Waals surface area (Å²) in [5.74, 6) is 1.35. The second kappa shape index (κ2) is 11.6. The molecule has 3 fully saturated rings. The van der Waals surface area contributed by atoms with Gasteiger partial charge in [0.1, 0.15) is 0 Å². The third-order valence-corrected chi connectivity index (χ3v) is 5.98. The SMILES string of the molecule is Cl.Cl.NC(C(=O)N1CCN(CC2CCCCC2)CC1)C1CCOCC1. The van der Waals surface area contributed by atoms with Crippen LogP contribution in [0.1, 0.15) is 44.9 Å². The molecule has 3 aliphatic rings. The summed E-state index contributed by atoms with van der Waals surface area (Å²) < 4.78 is 5.37. The summed E-state index contributed by atoms with van der Waals surface area (Å²) in [6, 6.07) is -0.330. The Bertz CT molecular complexity index is 381. The number of hydrogen-bond donors (Lipinski definition) is 1. The first-order valence-electron chi connectivity index (χ1n) is 9.58. The monoisotopic (exact) mass is 395 g/mol. The highest BCUT2D eigenvalue weighted by Crippen LogP contribution is 2.25. The molecule has 1 aliphatic carbocycles. The van der Waals surface area contributed by atoms with E-state index in [2.05, 4.69) is 4.90 Å². The fourth-order valence-electron chi connectivity index (χ4n) is 4.37. The van der Waals surface area contributed by atoms with Gasteiger partial charge in [-0.05, 0) is 37.5 Å². The summed E-state index contributed by atoms with van der Waals surface area (Å²) in [6.45, 7) is 6.46. The van der Waals surface area contributed by atoms with Crippen molar-refractivity contribution in [1.82, 2.24) is 9.80 Å². The number of halogens is 2. The van der Waals surface area contributed by atoms with Gasteiger partial charge in [0, 0.05) is 45.9 Å². The third-order valence-electron chi connectivity index (χ3n) is 5.98. The van der Waals surface area contributed by atoms with Crippen molar-refractivity contribution in [2.45, 2.75) is 51.0 Å². The van der Waals surface area contributed by atoms with Crippen LogP contribution in [0.5, 0.6) is 0 Å². The molecule has 3 rings (SSSR count). The molecular formula is C18H35Cl2N3O2. The Morgan fingerprint density at radius 3 is 2.16 bits per heavy atom. The lowest BCUT2D eigenvalue weighted by atomic mass is 9.89. The summed E-state index contributed by atoms with van der Waals surface area (Å²) in [6.07, 6.45) is 8.87. The van der Waals surface area contributed by atoms with Gasteiger partial charge in [0.05, 0.1) is 6.04 Å². The van der Waals surface area contributed by atoms with Gasteiger partial charge in [-0.1, -0.05) is 19.3 Å². The van der Waals surface area contributed by atoms with E-state index < -0.39 is 0 Å². The lowest BCUT2D eigenvalue weighted by Crippen LogP contribution is -2.55. The predicted molar refractivity (Wildman–Crippen MR) is 106 cm³/mol. The van der Waals surface area contributed by atoms with E-state index in [4.69, 9.17) is 10.5 Å². The smallest absolute Gasteiger partial charge is 0.239 e. The topological polar surface area (TPSA) is 58.8 Å². The standard InChI is InChI=1S/C18H33N3O2.2ClH/c19-17(16-6-12-23-13-7-16)18(22)21-10-8-20(9-11-21)14-15-4-2-1-3-5-15;;/h15-17H,1-14,19H2;2*1H. The summed E-state index contributed by atoms with van der Waals surface area (Å²) in [5.41, 5.74) is 6.25. The lowest BCUT2D eigenvalue weighted by Gasteiger charge is -2.39. The largest absolute Gasteiger partial charge is 0.381 e. The first-order valence-corrected chi connectivity index (χ1v) is 9.58. The fourth-order valence-corrected chi connectivity index (χ4v) is 4.37. The molecule has 0 aromatic heterocycles. The molecule has 0 radical (unpaired) electrons. The molecule has 0 spiro atoms. The van der Waals surface area contributed by atoms with Gasteiger partial charge in [0.15, 0.2) is 0 Å². The molecular weight excluding hydrogens is 361 g/mol. The van der Waals surface area contributed by atoms with E-state index in [-0.39, 0.29) is 36.8 Å². The van der Waals surface area contributed by atoms with Crippen molar-refractivity contribution in [3.05, 3.63) is 0 Å². The van der Waals surface area contributed by atoms with Crippen molar-refractivity contribution < 1.29 is 9.53 Å².